The largest absolute Gasteiger partial charge is 0.507 e. The van der Waals surface area contributed by atoms with Crippen LogP contribution in [0.15, 0.2) is 69.2 Å². The van der Waals surface area contributed by atoms with Gasteiger partial charge >= 0.3 is 5.91 Å². The van der Waals surface area contributed by atoms with Crippen molar-refractivity contribution in [3.63, 3.8) is 0 Å². The van der Waals surface area contributed by atoms with Gasteiger partial charge in [-0.25, -0.2) is 0 Å². The molecule has 8 heteroatoms. The maximum atomic E-state index is 13.2. The van der Waals surface area contributed by atoms with Crippen LogP contribution in [0.1, 0.15) is 50.6 Å². The fraction of sp³-hybridized carbons (Fsp3) is 0.269. The number of hydrogen-bond acceptors (Lipinski definition) is 6. The number of halogens is 1. The van der Waals surface area contributed by atoms with Crippen molar-refractivity contribution in [1.82, 2.24) is 5.16 Å². The highest BCUT2D eigenvalue weighted by molar-refractivity contribution is 9.10. The molecule has 34 heavy (non-hydrogen) atoms. The molecule has 7 nitrogen and oxygen atoms in total. The summed E-state index contributed by atoms with van der Waals surface area (Å²) in [6.07, 6.45) is 0. The third kappa shape index (κ3) is 4.37. The van der Waals surface area contributed by atoms with E-state index in [0.717, 1.165) is 4.47 Å². The number of anilines is 1. The number of rotatable bonds is 5. The van der Waals surface area contributed by atoms with Crippen LogP contribution in [-0.4, -0.2) is 28.6 Å². The zero-order chi connectivity index (χ0) is 24.6. The van der Waals surface area contributed by atoms with Gasteiger partial charge in [0.2, 0.25) is 0 Å². The lowest BCUT2D eigenvalue weighted by atomic mass is 9.93. The van der Waals surface area contributed by atoms with E-state index in [1.165, 1.54) is 4.90 Å². The van der Waals surface area contributed by atoms with Gasteiger partial charge in [0.25, 0.3) is 5.78 Å². The Kier molecular flexibility index (Phi) is 6.36. The minimum absolute atomic E-state index is 0.0169. The first-order chi connectivity index (χ1) is 16.1. The molecule has 1 atom stereocenters. The van der Waals surface area contributed by atoms with Crippen LogP contribution >= 0.6 is 15.9 Å². The number of Topliss-reactive ketones (excluding diaryl/α,β-unsaturated/α-hetero) is 1. The highest BCUT2D eigenvalue weighted by Gasteiger charge is 2.48. The Hall–Kier alpha value is -3.39. The molecule has 1 aliphatic heterocycles. The van der Waals surface area contributed by atoms with Gasteiger partial charge in [0.05, 0.1) is 18.2 Å². The van der Waals surface area contributed by atoms with Crippen molar-refractivity contribution >= 4 is 39.2 Å². The Balaban J connectivity index is 1.89. The van der Waals surface area contributed by atoms with Crippen LogP contribution in [-0.2, 0) is 15.0 Å². The van der Waals surface area contributed by atoms with Gasteiger partial charge in [-0.15, -0.1) is 0 Å². The third-order valence-corrected chi connectivity index (χ3v) is 6.08. The zero-order valence-corrected chi connectivity index (χ0v) is 20.9. The standard InChI is InChI=1S/C26H25BrN2O5/c1-5-33-18-12-8-15(9-13-18)22-21(23(30)16-6-10-17(27)11-7-16)24(31)25(32)29(22)20-14-19(34-28-20)26(2,3)4/h6-14,22,30H,5H2,1-4H3/b23-21+/t22-/m1/s1. The van der Waals surface area contributed by atoms with E-state index in [1.54, 1.807) is 54.6 Å². The molecule has 3 aromatic rings. The number of carbonyl (C=O) groups is 2. The van der Waals surface area contributed by atoms with Gasteiger partial charge in [0, 0.05) is 21.5 Å². The molecule has 0 aliphatic carbocycles. The molecule has 2 aromatic carbocycles. The minimum atomic E-state index is -0.891. The molecular weight excluding hydrogens is 500 g/mol. The number of hydrogen-bond donors (Lipinski definition) is 1. The second kappa shape index (κ2) is 9.10. The molecular formula is C26H25BrN2O5. The van der Waals surface area contributed by atoms with E-state index >= 15 is 0 Å². The number of amides is 1. The second-order valence-electron chi connectivity index (χ2n) is 8.98. The van der Waals surface area contributed by atoms with Crippen LogP contribution in [0.25, 0.3) is 5.76 Å². The number of aliphatic hydroxyl groups excluding tert-OH is 1. The summed E-state index contributed by atoms with van der Waals surface area (Å²) in [5, 5.41) is 15.3. The molecule has 0 radical (unpaired) electrons. The summed E-state index contributed by atoms with van der Waals surface area (Å²) in [6.45, 7) is 8.28. The topological polar surface area (TPSA) is 92.9 Å². The molecule has 176 valence electrons. The van der Waals surface area contributed by atoms with Gasteiger partial charge in [-0.2, -0.15) is 0 Å². The third-order valence-electron chi connectivity index (χ3n) is 5.55. The predicted octanol–water partition coefficient (Wildman–Crippen LogP) is 5.76. The van der Waals surface area contributed by atoms with E-state index in [9.17, 15) is 14.7 Å². The number of nitrogens with zero attached hydrogens (tertiary/aromatic N) is 2. The zero-order valence-electron chi connectivity index (χ0n) is 19.3. The Morgan fingerprint density at radius 3 is 2.32 bits per heavy atom. The smallest absolute Gasteiger partial charge is 0.301 e. The number of ether oxygens (including phenoxy) is 1. The average molecular weight is 525 g/mol. The molecule has 1 aliphatic rings. The Labute approximate surface area is 206 Å². The summed E-state index contributed by atoms with van der Waals surface area (Å²) in [6, 6.07) is 14.7. The predicted molar refractivity (Wildman–Crippen MR) is 132 cm³/mol. The summed E-state index contributed by atoms with van der Waals surface area (Å²) in [5.74, 6) is -0.395. The fourth-order valence-corrected chi connectivity index (χ4v) is 4.06. The van der Waals surface area contributed by atoms with Gasteiger partial charge in [0.15, 0.2) is 5.82 Å². The normalized spacial score (nSPS) is 17.9. The van der Waals surface area contributed by atoms with Crippen LogP contribution < -0.4 is 9.64 Å². The molecule has 0 bridgehead atoms. The van der Waals surface area contributed by atoms with Crippen molar-refractivity contribution in [3.05, 3.63) is 81.5 Å². The van der Waals surface area contributed by atoms with Crippen molar-refractivity contribution in [3.8, 4) is 5.75 Å². The lowest BCUT2D eigenvalue weighted by molar-refractivity contribution is -0.132. The summed E-state index contributed by atoms with van der Waals surface area (Å²) in [4.78, 5) is 27.7. The lowest BCUT2D eigenvalue weighted by Crippen LogP contribution is -2.29. The first-order valence-corrected chi connectivity index (χ1v) is 11.7. The monoisotopic (exact) mass is 524 g/mol. The van der Waals surface area contributed by atoms with Crippen LogP contribution in [0.3, 0.4) is 0 Å². The van der Waals surface area contributed by atoms with Gasteiger partial charge in [-0.05, 0) is 36.8 Å². The average Bonchev–Trinajstić information content (AvgIpc) is 3.38. The molecule has 1 saturated heterocycles. The van der Waals surface area contributed by atoms with Gasteiger partial charge in [-0.1, -0.05) is 66.1 Å². The fourth-order valence-electron chi connectivity index (χ4n) is 3.79. The van der Waals surface area contributed by atoms with Crippen molar-refractivity contribution in [2.75, 3.05) is 11.5 Å². The molecule has 1 amide bonds. The van der Waals surface area contributed by atoms with Crippen LogP contribution in [0.2, 0.25) is 0 Å². The summed E-state index contributed by atoms with van der Waals surface area (Å²) in [5.41, 5.74) is 0.691. The maximum absolute atomic E-state index is 13.2. The van der Waals surface area contributed by atoms with E-state index < -0.39 is 17.7 Å². The molecule has 0 unspecified atom stereocenters. The first kappa shape index (κ1) is 23.8. The van der Waals surface area contributed by atoms with Crippen molar-refractivity contribution in [1.29, 1.82) is 0 Å². The Bertz CT molecular complexity index is 1250. The number of carbonyl (C=O) groups excluding carboxylic acids is 2. The van der Waals surface area contributed by atoms with Gasteiger partial charge in [0.1, 0.15) is 17.3 Å². The van der Waals surface area contributed by atoms with E-state index in [4.69, 9.17) is 9.26 Å². The summed E-state index contributed by atoms with van der Waals surface area (Å²) < 4.78 is 11.9. The SMILES string of the molecule is CCOc1ccc([C@@H]2/C(=C(\O)c3ccc(Br)cc3)C(=O)C(=O)N2c2cc(C(C)(C)C)on2)cc1. The minimum Gasteiger partial charge on any atom is -0.507 e. The Morgan fingerprint density at radius 2 is 1.76 bits per heavy atom. The van der Waals surface area contributed by atoms with Crippen molar-refractivity contribution in [2.45, 2.75) is 39.2 Å². The lowest BCUT2D eigenvalue weighted by Gasteiger charge is -2.23. The highest BCUT2D eigenvalue weighted by atomic mass is 79.9. The van der Waals surface area contributed by atoms with Crippen LogP contribution in [0, 0.1) is 0 Å². The molecule has 1 aromatic heterocycles. The van der Waals surface area contributed by atoms with Crippen molar-refractivity contribution in [2.24, 2.45) is 0 Å². The van der Waals surface area contributed by atoms with E-state index in [2.05, 4.69) is 21.1 Å². The molecule has 0 saturated carbocycles. The van der Waals surface area contributed by atoms with E-state index in [-0.39, 0.29) is 22.6 Å². The van der Waals surface area contributed by atoms with Crippen molar-refractivity contribution < 1.29 is 24.0 Å². The van der Waals surface area contributed by atoms with E-state index in [1.807, 2.05) is 27.7 Å². The molecule has 2 heterocycles. The van der Waals surface area contributed by atoms with E-state index in [0.29, 0.717) is 29.2 Å². The molecule has 1 N–H and O–H groups in total. The highest BCUT2D eigenvalue weighted by Crippen LogP contribution is 2.43. The molecule has 0 spiro atoms. The number of aromatic nitrogens is 1. The number of aliphatic hydroxyl groups is 1. The molecule has 4 rings (SSSR count). The summed E-state index contributed by atoms with van der Waals surface area (Å²) >= 11 is 3.37. The molecule has 1 fully saturated rings. The second-order valence-corrected chi connectivity index (χ2v) is 9.89. The number of benzene rings is 2. The number of ketones is 1. The summed E-state index contributed by atoms with van der Waals surface area (Å²) in [7, 11) is 0. The van der Waals surface area contributed by atoms with Gasteiger partial charge in [-0.3, -0.25) is 14.5 Å². The Morgan fingerprint density at radius 1 is 1.12 bits per heavy atom. The quantitative estimate of drug-likeness (QED) is 0.259. The first-order valence-electron chi connectivity index (χ1n) is 10.9. The van der Waals surface area contributed by atoms with Crippen LogP contribution in [0.4, 0.5) is 5.82 Å². The maximum Gasteiger partial charge on any atom is 0.301 e. The van der Waals surface area contributed by atoms with Crippen LogP contribution in [0.5, 0.6) is 5.75 Å². The van der Waals surface area contributed by atoms with Gasteiger partial charge < -0.3 is 14.4 Å².